The van der Waals surface area contributed by atoms with Gasteiger partial charge in [-0.3, -0.25) is 0 Å². The summed E-state index contributed by atoms with van der Waals surface area (Å²) in [5, 5.41) is 4.61. The second-order valence-electron chi connectivity index (χ2n) is 7.15. The van der Waals surface area contributed by atoms with E-state index in [1.54, 1.807) is 17.7 Å². The summed E-state index contributed by atoms with van der Waals surface area (Å²) in [6.45, 7) is 3.01. The number of aryl methyl sites for hydroxylation is 1. The highest BCUT2D eigenvalue weighted by atomic mass is 32.1. The maximum Gasteiger partial charge on any atom is 0.147 e. The Hall–Kier alpha value is -2.73. The molecule has 3 aromatic heterocycles. The van der Waals surface area contributed by atoms with E-state index in [2.05, 4.69) is 77.6 Å². The van der Waals surface area contributed by atoms with Gasteiger partial charge in [-0.2, -0.15) is 0 Å². The van der Waals surface area contributed by atoms with Gasteiger partial charge in [-0.1, -0.05) is 25.5 Å². The van der Waals surface area contributed by atoms with E-state index >= 15 is 0 Å². The molecule has 1 aromatic carbocycles. The standard InChI is InChI=1S/C22H25N5S/c1-4-5-16-8-11-18-19-20(28-22(18)26-16)21(25-14-24-19)23-13-12-15-6-9-17(10-7-15)27(2)3/h6-11,14H,4-5,12-13H2,1-3H3,(H,23,24,25). The zero-order valence-corrected chi connectivity index (χ0v) is 17.4. The van der Waals surface area contributed by atoms with Crippen molar-refractivity contribution in [2.75, 3.05) is 30.9 Å². The molecule has 0 fully saturated rings. The molecule has 6 heteroatoms. The van der Waals surface area contributed by atoms with E-state index in [1.807, 2.05) is 0 Å². The van der Waals surface area contributed by atoms with Crippen molar-refractivity contribution >= 4 is 43.3 Å². The van der Waals surface area contributed by atoms with E-state index in [0.29, 0.717) is 0 Å². The normalized spacial score (nSPS) is 11.2. The van der Waals surface area contributed by atoms with Gasteiger partial charge in [0.25, 0.3) is 0 Å². The summed E-state index contributed by atoms with van der Waals surface area (Å²) in [7, 11) is 4.12. The van der Waals surface area contributed by atoms with Crippen LogP contribution in [-0.4, -0.2) is 35.6 Å². The average Bonchev–Trinajstić information content (AvgIpc) is 3.07. The summed E-state index contributed by atoms with van der Waals surface area (Å²) >= 11 is 1.68. The second-order valence-corrected chi connectivity index (χ2v) is 8.14. The van der Waals surface area contributed by atoms with Crippen molar-refractivity contribution in [1.29, 1.82) is 0 Å². The first kappa shape index (κ1) is 18.6. The molecule has 1 N–H and O–H groups in total. The Morgan fingerprint density at radius 3 is 2.57 bits per heavy atom. The molecule has 0 aliphatic rings. The molecule has 0 radical (unpaired) electrons. The van der Waals surface area contributed by atoms with Gasteiger partial charge in [0.1, 0.15) is 17.0 Å². The summed E-state index contributed by atoms with van der Waals surface area (Å²) in [6.07, 6.45) is 4.70. The smallest absolute Gasteiger partial charge is 0.147 e. The molecule has 0 spiro atoms. The minimum absolute atomic E-state index is 0.830. The molecule has 0 saturated heterocycles. The molecule has 4 aromatic rings. The third-order valence-corrected chi connectivity index (χ3v) is 5.94. The second kappa shape index (κ2) is 8.10. The Kier molecular flexibility index (Phi) is 5.39. The minimum Gasteiger partial charge on any atom is -0.378 e. The molecule has 5 nitrogen and oxygen atoms in total. The van der Waals surface area contributed by atoms with Crippen molar-refractivity contribution in [3.8, 4) is 0 Å². The number of hydrogen-bond acceptors (Lipinski definition) is 6. The maximum absolute atomic E-state index is 4.81. The molecule has 0 aliphatic carbocycles. The van der Waals surface area contributed by atoms with Gasteiger partial charge in [-0.05, 0) is 42.7 Å². The van der Waals surface area contributed by atoms with E-state index in [4.69, 9.17) is 4.98 Å². The Morgan fingerprint density at radius 1 is 1.00 bits per heavy atom. The van der Waals surface area contributed by atoms with Crippen LogP contribution in [0.2, 0.25) is 0 Å². The predicted molar refractivity (Wildman–Crippen MR) is 120 cm³/mol. The lowest BCUT2D eigenvalue weighted by Gasteiger charge is -2.12. The quantitative estimate of drug-likeness (QED) is 0.485. The number of fused-ring (bicyclic) bond motifs is 3. The maximum atomic E-state index is 4.81. The zero-order valence-electron chi connectivity index (χ0n) is 16.6. The van der Waals surface area contributed by atoms with Crippen LogP contribution in [0.4, 0.5) is 11.5 Å². The summed E-state index contributed by atoms with van der Waals surface area (Å²) in [6, 6.07) is 12.9. The highest BCUT2D eigenvalue weighted by Crippen LogP contribution is 2.34. The molecule has 28 heavy (non-hydrogen) atoms. The SMILES string of the molecule is CCCc1ccc2c(n1)sc1c(NCCc3ccc(N(C)C)cc3)ncnc12. The molecule has 0 bridgehead atoms. The average molecular weight is 392 g/mol. The molecule has 0 amide bonds. The first-order valence-corrected chi connectivity index (χ1v) is 10.5. The molecule has 0 aliphatic heterocycles. The lowest BCUT2D eigenvalue weighted by molar-refractivity contribution is 0.891. The monoisotopic (exact) mass is 391 g/mol. The van der Waals surface area contributed by atoms with Gasteiger partial charge in [0.2, 0.25) is 0 Å². The van der Waals surface area contributed by atoms with Crippen molar-refractivity contribution < 1.29 is 0 Å². The van der Waals surface area contributed by atoms with Crippen LogP contribution in [0.15, 0.2) is 42.7 Å². The molecule has 3 heterocycles. The molecule has 4 rings (SSSR count). The Labute approximate surface area is 169 Å². The molecule has 0 atom stereocenters. The van der Waals surface area contributed by atoms with Crippen LogP contribution >= 0.6 is 11.3 Å². The largest absolute Gasteiger partial charge is 0.378 e. The topological polar surface area (TPSA) is 53.9 Å². The Morgan fingerprint density at radius 2 is 1.82 bits per heavy atom. The fourth-order valence-electron chi connectivity index (χ4n) is 3.30. The van der Waals surface area contributed by atoms with Crippen LogP contribution in [0.1, 0.15) is 24.6 Å². The number of benzene rings is 1. The number of rotatable bonds is 7. The van der Waals surface area contributed by atoms with Gasteiger partial charge in [-0.15, -0.1) is 11.3 Å². The number of pyridine rings is 1. The first-order valence-electron chi connectivity index (χ1n) is 9.69. The minimum atomic E-state index is 0.830. The fraction of sp³-hybridized carbons (Fsp3) is 0.318. The lowest BCUT2D eigenvalue weighted by atomic mass is 10.1. The predicted octanol–water partition coefficient (Wildman–Crippen LogP) is 4.91. The third kappa shape index (κ3) is 3.78. The molecular formula is C22H25N5S. The van der Waals surface area contributed by atoms with Crippen molar-refractivity contribution in [3.05, 3.63) is 54.0 Å². The first-order chi connectivity index (χ1) is 13.7. The van der Waals surface area contributed by atoms with Crippen molar-refractivity contribution in [2.24, 2.45) is 0 Å². The van der Waals surface area contributed by atoms with Crippen LogP contribution in [0, 0.1) is 0 Å². The summed E-state index contributed by atoms with van der Waals surface area (Å²) in [4.78, 5) is 17.0. The van der Waals surface area contributed by atoms with Gasteiger partial charge in [0.15, 0.2) is 0 Å². The molecule has 144 valence electrons. The van der Waals surface area contributed by atoms with E-state index in [1.165, 1.54) is 11.3 Å². The van der Waals surface area contributed by atoms with E-state index in [-0.39, 0.29) is 0 Å². The van der Waals surface area contributed by atoms with Crippen LogP contribution < -0.4 is 10.2 Å². The van der Waals surface area contributed by atoms with Gasteiger partial charge in [0, 0.05) is 37.4 Å². The summed E-state index contributed by atoms with van der Waals surface area (Å²) in [5.41, 5.74) is 4.66. The van der Waals surface area contributed by atoms with Gasteiger partial charge < -0.3 is 10.2 Å². The third-order valence-electron chi connectivity index (χ3n) is 4.84. The summed E-state index contributed by atoms with van der Waals surface area (Å²) < 4.78 is 1.08. The number of aromatic nitrogens is 3. The van der Waals surface area contributed by atoms with Gasteiger partial charge in [-0.25, -0.2) is 15.0 Å². The lowest BCUT2D eigenvalue weighted by Crippen LogP contribution is -2.09. The Bertz CT molecular complexity index is 1090. The highest BCUT2D eigenvalue weighted by molar-refractivity contribution is 7.25. The number of thiophene rings is 1. The van der Waals surface area contributed by atoms with Crippen molar-refractivity contribution in [2.45, 2.75) is 26.2 Å². The number of nitrogens with one attached hydrogen (secondary N) is 1. The van der Waals surface area contributed by atoms with E-state index in [9.17, 15) is 0 Å². The van der Waals surface area contributed by atoms with E-state index < -0.39 is 0 Å². The van der Waals surface area contributed by atoms with Crippen LogP contribution in [0.3, 0.4) is 0 Å². The van der Waals surface area contributed by atoms with Crippen LogP contribution in [0.25, 0.3) is 20.4 Å². The van der Waals surface area contributed by atoms with E-state index in [0.717, 1.165) is 57.8 Å². The molecule has 0 saturated carbocycles. The Balaban J connectivity index is 1.52. The number of nitrogens with zero attached hydrogens (tertiary/aromatic N) is 4. The van der Waals surface area contributed by atoms with Crippen LogP contribution in [0.5, 0.6) is 0 Å². The van der Waals surface area contributed by atoms with Crippen LogP contribution in [-0.2, 0) is 12.8 Å². The van der Waals surface area contributed by atoms with Gasteiger partial charge in [0.05, 0.1) is 10.2 Å². The highest BCUT2D eigenvalue weighted by Gasteiger charge is 2.12. The van der Waals surface area contributed by atoms with Crippen molar-refractivity contribution in [1.82, 2.24) is 15.0 Å². The van der Waals surface area contributed by atoms with Crippen molar-refractivity contribution in [3.63, 3.8) is 0 Å². The van der Waals surface area contributed by atoms with Gasteiger partial charge >= 0.3 is 0 Å². The number of hydrogen-bond donors (Lipinski definition) is 1. The number of anilines is 2. The fourth-order valence-corrected chi connectivity index (χ4v) is 4.41. The zero-order chi connectivity index (χ0) is 19.5. The molecular weight excluding hydrogens is 366 g/mol. The summed E-state index contributed by atoms with van der Waals surface area (Å²) in [5.74, 6) is 0.898. The molecule has 0 unspecified atom stereocenters.